The predicted molar refractivity (Wildman–Crippen MR) is 134 cm³/mol. The van der Waals surface area contributed by atoms with Gasteiger partial charge in [0.05, 0.1) is 31.4 Å². The number of furan rings is 1. The second-order valence-corrected chi connectivity index (χ2v) is 8.54. The highest BCUT2D eigenvalue weighted by molar-refractivity contribution is 6.16. The lowest BCUT2D eigenvalue weighted by Crippen LogP contribution is -2.30. The van der Waals surface area contributed by atoms with Gasteiger partial charge in [0.2, 0.25) is 5.78 Å². The molecule has 0 bridgehead atoms. The molecule has 5 rings (SSSR count). The number of para-hydroxylation sites is 1. The molecule has 0 saturated carbocycles. The summed E-state index contributed by atoms with van der Waals surface area (Å²) in [4.78, 5) is 40.2. The van der Waals surface area contributed by atoms with Crippen LogP contribution in [-0.4, -0.2) is 41.9 Å². The first-order valence-corrected chi connectivity index (χ1v) is 11.5. The van der Waals surface area contributed by atoms with Gasteiger partial charge in [0.15, 0.2) is 11.5 Å². The zero-order chi connectivity index (χ0) is 26.1. The zero-order valence-corrected chi connectivity index (χ0v) is 20.1. The lowest BCUT2D eigenvalue weighted by Gasteiger charge is -2.27. The molecule has 0 fully saturated rings. The number of ether oxygens (including phenoxy) is 2. The zero-order valence-electron chi connectivity index (χ0n) is 20.1. The van der Waals surface area contributed by atoms with Crippen LogP contribution in [0.2, 0.25) is 0 Å². The van der Waals surface area contributed by atoms with E-state index in [-0.39, 0.29) is 17.9 Å². The fourth-order valence-electron chi connectivity index (χ4n) is 4.49. The number of rotatable bonds is 7. The summed E-state index contributed by atoms with van der Waals surface area (Å²) < 4.78 is 15.9. The number of Topliss-reactive ketones (excluding diaryl/α,β-unsaturated/α-hetero) is 1. The fourth-order valence-corrected chi connectivity index (χ4v) is 4.49. The number of aliphatic hydroxyl groups is 1. The van der Waals surface area contributed by atoms with Gasteiger partial charge in [0.25, 0.3) is 5.91 Å². The Balaban J connectivity index is 1.56. The summed E-state index contributed by atoms with van der Waals surface area (Å²) in [6, 6.07) is 21.4. The lowest BCUT2D eigenvalue weighted by molar-refractivity contribution is -0.130. The average molecular weight is 498 g/mol. The van der Waals surface area contributed by atoms with E-state index in [1.165, 1.54) is 19.1 Å². The Bertz CT molecular complexity index is 1520. The molecule has 2 heterocycles. The number of nitrogens with zero attached hydrogens (tertiary/aromatic N) is 1. The van der Waals surface area contributed by atoms with Crippen LogP contribution in [-0.2, 0) is 16.1 Å². The van der Waals surface area contributed by atoms with Crippen molar-refractivity contribution in [2.24, 2.45) is 0 Å². The topological polar surface area (TPSA) is 106 Å². The van der Waals surface area contributed by atoms with Gasteiger partial charge in [-0.05, 0) is 47.5 Å². The molecule has 0 spiro atoms. The highest BCUT2D eigenvalue weighted by atomic mass is 16.5. The number of ketones is 1. The number of methoxy groups -OCH3 is 2. The summed E-state index contributed by atoms with van der Waals surface area (Å²) in [6.07, 6.45) is 0. The van der Waals surface area contributed by atoms with Crippen molar-refractivity contribution in [1.82, 2.24) is 4.90 Å². The van der Waals surface area contributed by atoms with Crippen molar-refractivity contribution < 1.29 is 33.4 Å². The van der Waals surface area contributed by atoms with E-state index in [0.29, 0.717) is 28.0 Å². The van der Waals surface area contributed by atoms with Crippen molar-refractivity contribution in [3.8, 4) is 5.75 Å². The number of esters is 1. The summed E-state index contributed by atoms with van der Waals surface area (Å²) >= 11 is 0. The van der Waals surface area contributed by atoms with E-state index < -0.39 is 29.5 Å². The van der Waals surface area contributed by atoms with E-state index in [1.807, 2.05) is 12.1 Å². The van der Waals surface area contributed by atoms with Crippen molar-refractivity contribution in [2.75, 3.05) is 14.2 Å². The SMILES string of the molecule is COC(=O)c1ccc(CN2C(=O)C(O)=C(C(=O)c3cc4ccccc4o3)C2c2cccc(OC)c2)cc1. The Morgan fingerprint density at radius 3 is 2.43 bits per heavy atom. The second-order valence-electron chi connectivity index (χ2n) is 8.54. The van der Waals surface area contributed by atoms with Crippen LogP contribution in [0.25, 0.3) is 11.0 Å². The van der Waals surface area contributed by atoms with Gasteiger partial charge in [-0.25, -0.2) is 4.79 Å². The van der Waals surface area contributed by atoms with Crippen molar-refractivity contribution in [3.05, 3.63) is 113 Å². The lowest BCUT2D eigenvalue weighted by atomic mass is 9.94. The number of aliphatic hydroxyl groups excluding tert-OH is 1. The van der Waals surface area contributed by atoms with Gasteiger partial charge in [-0.15, -0.1) is 0 Å². The van der Waals surface area contributed by atoms with E-state index in [1.54, 1.807) is 66.7 Å². The summed E-state index contributed by atoms with van der Waals surface area (Å²) in [5.41, 5.74) is 2.09. The van der Waals surface area contributed by atoms with Gasteiger partial charge in [-0.2, -0.15) is 0 Å². The number of benzene rings is 3. The molecular formula is C29H23NO7. The molecule has 1 N–H and O–H groups in total. The van der Waals surface area contributed by atoms with E-state index in [2.05, 4.69) is 0 Å². The van der Waals surface area contributed by atoms with E-state index >= 15 is 0 Å². The van der Waals surface area contributed by atoms with Crippen LogP contribution >= 0.6 is 0 Å². The number of carbonyl (C=O) groups is 3. The Hall–Kier alpha value is -4.85. The van der Waals surface area contributed by atoms with Gasteiger partial charge >= 0.3 is 5.97 Å². The smallest absolute Gasteiger partial charge is 0.337 e. The van der Waals surface area contributed by atoms with Crippen LogP contribution in [0, 0.1) is 0 Å². The first-order valence-electron chi connectivity index (χ1n) is 11.5. The third kappa shape index (κ3) is 4.33. The van der Waals surface area contributed by atoms with E-state index in [4.69, 9.17) is 13.9 Å². The Labute approximate surface area is 212 Å². The largest absolute Gasteiger partial charge is 0.503 e. The molecule has 1 atom stereocenters. The highest BCUT2D eigenvalue weighted by Gasteiger charge is 2.44. The molecule has 37 heavy (non-hydrogen) atoms. The molecule has 8 nitrogen and oxygen atoms in total. The number of hydrogen-bond donors (Lipinski definition) is 1. The Kier molecular flexibility index (Phi) is 6.23. The molecule has 0 radical (unpaired) electrons. The molecule has 8 heteroatoms. The molecule has 0 saturated heterocycles. The van der Waals surface area contributed by atoms with E-state index in [0.717, 1.165) is 5.39 Å². The van der Waals surface area contributed by atoms with Crippen LogP contribution in [0.15, 0.2) is 94.6 Å². The molecule has 1 amide bonds. The maximum Gasteiger partial charge on any atom is 0.337 e. The quantitative estimate of drug-likeness (QED) is 0.283. The first-order chi connectivity index (χ1) is 17.9. The highest BCUT2D eigenvalue weighted by Crippen LogP contribution is 2.41. The number of hydrogen-bond acceptors (Lipinski definition) is 7. The van der Waals surface area contributed by atoms with Crippen molar-refractivity contribution in [2.45, 2.75) is 12.6 Å². The summed E-state index contributed by atoms with van der Waals surface area (Å²) in [5.74, 6) is -1.83. The minimum Gasteiger partial charge on any atom is -0.503 e. The fraction of sp³-hybridized carbons (Fsp3) is 0.138. The minimum atomic E-state index is -0.899. The molecular weight excluding hydrogens is 474 g/mol. The molecule has 186 valence electrons. The maximum atomic E-state index is 13.7. The van der Waals surface area contributed by atoms with Gasteiger partial charge in [-0.1, -0.05) is 42.5 Å². The van der Waals surface area contributed by atoms with Crippen LogP contribution < -0.4 is 4.74 Å². The van der Waals surface area contributed by atoms with Crippen molar-refractivity contribution in [1.29, 1.82) is 0 Å². The standard InChI is InChI=1S/C29H23NO7/c1-35-21-8-5-7-20(14-21)25-24(26(31)23-15-19-6-3-4-9-22(19)37-23)27(32)28(33)30(25)16-17-10-12-18(13-11-17)29(34)36-2/h3-15,25,32H,16H2,1-2H3. The van der Waals surface area contributed by atoms with Crippen molar-refractivity contribution >= 4 is 28.6 Å². The molecule has 1 aromatic heterocycles. The molecule has 1 aliphatic rings. The summed E-state index contributed by atoms with van der Waals surface area (Å²) in [7, 11) is 2.82. The average Bonchev–Trinajstić information content (AvgIpc) is 3.48. The molecule has 1 unspecified atom stereocenters. The monoisotopic (exact) mass is 497 g/mol. The Morgan fingerprint density at radius 2 is 1.73 bits per heavy atom. The molecule has 4 aromatic rings. The summed E-state index contributed by atoms with van der Waals surface area (Å²) in [6.45, 7) is 0.0726. The van der Waals surface area contributed by atoms with Crippen molar-refractivity contribution in [3.63, 3.8) is 0 Å². The van der Waals surface area contributed by atoms with Gasteiger partial charge in [-0.3, -0.25) is 9.59 Å². The Morgan fingerprint density at radius 1 is 0.973 bits per heavy atom. The molecule has 1 aliphatic heterocycles. The molecule has 3 aromatic carbocycles. The minimum absolute atomic E-state index is 0.0210. The van der Waals surface area contributed by atoms with Gasteiger partial charge in [0.1, 0.15) is 11.3 Å². The van der Waals surface area contributed by atoms with E-state index in [9.17, 15) is 19.5 Å². The summed E-state index contributed by atoms with van der Waals surface area (Å²) in [5, 5.41) is 11.7. The van der Waals surface area contributed by atoms with Crippen LogP contribution in [0.1, 0.15) is 38.1 Å². The van der Waals surface area contributed by atoms with Gasteiger partial charge in [0, 0.05) is 11.9 Å². The number of amides is 1. The third-order valence-corrected chi connectivity index (χ3v) is 6.34. The predicted octanol–water partition coefficient (Wildman–Crippen LogP) is 5.01. The normalized spacial score (nSPS) is 15.4. The van der Waals surface area contributed by atoms with Gasteiger partial charge < -0.3 is 23.9 Å². The first kappa shape index (κ1) is 23.9. The van der Waals surface area contributed by atoms with Crippen LogP contribution in [0.3, 0.4) is 0 Å². The number of carbonyl (C=O) groups excluding carboxylic acids is 3. The van der Waals surface area contributed by atoms with Crippen LogP contribution in [0.5, 0.6) is 5.75 Å². The number of fused-ring (bicyclic) bond motifs is 1. The third-order valence-electron chi connectivity index (χ3n) is 6.34. The maximum absolute atomic E-state index is 13.7. The molecule has 0 aliphatic carbocycles. The van der Waals surface area contributed by atoms with Crippen LogP contribution in [0.4, 0.5) is 0 Å². The second kappa shape index (κ2) is 9.66.